The normalized spacial score (nSPS) is 15.1. The molecule has 0 bridgehead atoms. The van der Waals surface area contributed by atoms with Crippen molar-refractivity contribution in [2.24, 2.45) is 0 Å². The number of ether oxygens (including phenoxy) is 2. The van der Waals surface area contributed by atoms with Crippen molar-refractivity contribution in [1.29, 1.82) is 0 Å². The number of rotatable bonds is 3. The molecule has 0 aliphatic carbocycles. The number of aryl methyl sites for hydroxylation is 1. The largest absolute Gasteiger partial charge is 0.493 e. The van der Waals surface area contributed by atoms with E-state index in [0.717, 1.165) is 29.7 Å². The molecule has 0 saturated carbocycles. The highest BCUT2D eigenvalue weighted by molar-refractivity contribution is 5.48. The summed E-state index contributed by atoms with van der Waals surface area (Å²) in [6, 6.07) is 9.50. The highest BCUT2D eigenvalue weighted by Gasteiger charge is 2.23. The van der Waals surface area contributed by atoms with Gasteiger partial charge in [-0.3, -0.25) is 0 Å². The fourth-order valence-electron chi connectivity index (χ4n) is 2.58. The van der Waals surface area contributed by atoms with E-state index < -0.39 is 6.10 Å². The molecule has 1 aromatic heterocycles. The second kappa shape index (κ2) is 5.51. The van der Waals surface area contributed by atoms with E-state index in [9.17, 15) is 5.11 Å². The first-order valence-corrected chi connectivity index (χ1v) is 6.73. The SMILES string of the molecule is COc1ncccc1C(O)c1cccc2c1OCCC2. The van der Waals surface area contributed by atoms with Crippen molar-refractivity contribution in [1.82, 2.24) is 4.98 Å². The number of hydrogen-bond donors (Lipinski definition) is 1. The Bertz CT molecular complexity index is 612. The average Bonchev–Trinajstić information content (AvgIpc) is 2.53. The summed E-state index contributed by atoms with van der Waals surface area (Å²) in [5, 5.41) is 10.7. The van der Waals surface area contributed by atoms with Gasteiger partial charge in [-0.2, -0.15) is 0 Å². The molecule has 1 unspecified atom stereocenters. The molecule has 1 aliphatic rings. The Morgan fingerprint density at radius 3 is 2.95 bits per heavy atom. The summed E-state index contributed by atoms with van der Waals surface area (Å²) in [5.74, 6) is 1.24. The van der Waals surface area contributed by atoms with Crippen LogP contribution in [0.3, 0.4) is 0 Å². The van der Waals surface area contributed by atoms with E-state index >= 15 is 0 Å². The molecule has 2 heterocycles. The first kappa shape index (κ1) is 12.9. The molecule has 2 aromatic rings. The third-order valence-electron chi connectivity index (χ3n) is 3.55. The summed E-state index contributed by atoms with van der Waals surface area (Å²) < 4.78 is 11.0. The van der Waals surface area contributed by atoms with Gasteiger partial charge in [0.2, 0.25) is 5.88 Å². The van der Waals surface area contributed by atoms with E-state index in [2.05, 4.69) is 4.98 Å². The highest BCUT2D eigenvalue weighted by atomic mass is 16.5. The zero-order chi connectivity index (χ0) is 13.9. The van der Waals surface area contributed by atoms with Gasteiger partial charge < -0.3 is 14.6 Å². The Balaban J connectivity index is 2.04. The molecular weight excluding hydrogens is 254 g/mol. The fraction of sp³-hybridized carbons (Fsp3) is 0.312. The van der Waals surface area contributed by atoms with Crippen LogP contribution in [0.1, 0.15) is 29.2 Å². The van der Waals surface area contributed by atoms with Crippen molar-refractivity contribution in [3.8, 4) is 11.6 Å². The monoisotopic (exact) mass is 271 g/mol. The van der Waals surface area contributed by atoms with Crippen molar-refractivity contribution in [3.63, 3.8) is 0 Å². The van der Waals surface area contributed by atoms with E-state index in [4.69, 9.17) is 9.47 Å². The van der Waals surface area contributed by atoms with E-state index in [1.807, 2.05) is 24.3 Å². The smallest absolute Gasteiger partial charge is 0.219 e. The highest BCUT2D eigenvalue weighted by Crippen LogP contribution is 2.37. The van der Waals surface area contributed by atoms with Gasteiger partial charge in [-0.05, 0) is 30.5 Å². The van der Waals surface area contributed by atoms with Crippen LogP contribution in [0.15, 0.2) is 36.5 Å². The average molecular weight is 271 g/mol. The van der Waals surface area contributed by atoms with Crippen LogP contribution in [0, 0.1) is 0 Å². The van der Waals surface area contributed by atoms with E-state index in [0.29, 0.717) is 18.1 Å². The second-order valence-electron chi connectivity index (χ2n) is 4.79. The molecule has 20 heavy (non-hydrogen) atoms. The van der Waals surface area contributed by atoms with Crippen LogP contribution < -0.4 is 9.47 Å². The van der Waals surface area contributed by atoms with Crippen LogP contribution in [0.25, 0.3) is 0 Å². The Kier molecular flexibility index (Phi) is 3.56. The molecular formula is C16H17NO3. The van der Waals surface area contributed by atoms with Gasteiger partial charge in [0.15, 0.2) is 0 Å². The molecule has 0 radical (unpaired) electrons. The Labute approximate surface area is 118 Å². The van der Waals surface area contributed by atoms with Crippen LogP contribution in [0.4, 0.5) is 0 Å². The standard InChI is InChI=1S/C16H17NO3/c1-19-16-13(8-3-9-17-16)14(18)12-7-2-5-11-6-4-10-20-15(11)12/h2-3,5,7-9,14,18H,4,6,10H2,1H3. The minimum atomic E-state index is -0.799. The van der Waals surface area contributed by atoms with Crippen LogP contribution in [0.5, 0.6) is 11.6 Å². The number of aromatic nitrogens is 1. The lowest BCUT2D eigenvalue weighted by Gasteiger charge is -2.23. The fourth-order valence-corrected chi connectivity index (χ4v) is 2.58. The van der Waals surface area contributed by atoms with Gasteiger partial charge in [0.25, 0.3) is 0 Å². The van der Waals surface area contributed by atoms with Gasteiger partial charge in [0.05, 0.1) is 13.7 Å². The molecule has 1 atom stereocenters. The van der Waals surface area contributed by atoms with Gasteiger partial charge in [-0.25, -0.2) is 4.98 Å². The maximum absolute atomic E-state index is 10.7. The number of nitrogens with zero attached hydrogens (tertiary/aromatic N) is 1. The van der Waals surface area contributed by atoms with Gasteiger partial charge in [-0.1, -0.05) is 18.2 Å². The molecule has 0 saturated heterocycles. The number of para-hydroxylation sites is 1. The Morgan fingerprint density at radius 2 is 2.10 bits per heavy atom. The summed E-state index contributed by atoms with van der Waals surface area (Å²) in [6.07, 6.45) is 2.85. The lowest BCUT2D eigenvalue weighted by Crippen LogP contribution is -2.13. The summed E-state index contributed by atoms with van der Waals surface area (Å²) in [6.45, 7) is 0.695. The molecule has 0 spiro atoms. The topological polar surface area (TPSA) is 51.6 Å². The first-order chi connectivity index (χ1) is 9.81. The predicted molar refractivity (Wildman–Crippen MR) is 75.1 cm³/mol. The molecule has 0 fully saturated rings. The number of hydrogen-bond acceptors (Lipinski definition) is 4. The third kappa shape index (κ3) is 2.23. The van der Waals surface area contributed by atoms with E-state index in [1.54, 1.807) is 19.4 Å². The molecule has 104 valence electrons. The summed E-state index contributed by atoms with van der Waals surface area (Å²) in [5.41, 5.74) is 2.57. The molecule has 1 N–H and O–H groups in total. The van der Waals surface area contributed by atoms with Crippen LogP contribution in [0.2, 0.25) is 0 Å². The summed E-state index contributed by atoms with van der Waals surface area (Å²) >= 11 is 0. The van der Waals surface area contributed by atoms with Gasteiger partial charge in [0, 0.05) is 17.3 Å². The Morgan fingerprint density at radius 1 is 1.25 bits per heavy atom. The number of methoxy groups -OCH3 is 1. The van der Waals surface area contributed by atoms with Crippen LogP contribution >= 0.6 is 0 Å². The van der Waals surface area contributed by atoms with Gasteiger partial charge in [-0.15, -0.1) is 0 Å². The van der Waals surface area contributed by atoms with Crippen LogP contribution in [-0.2, 0) is 6.42 Å². The maximum Gasteiger partial charge on any atom is 0.219 e. The summed E-state index contributed by atoms with van der Waals surface area (Å²) in [7, 11) is 1.55. The predicted octanol–water partition coefficient (Wildman–Crippen LogP) is 2.50. The zero-order valence-electron chi connectivity index (χ0n) is 11.4. The number of fused-ring (bicyclic) bond motifs is 1. The quantitative estimate of drug-likeness (QED) is 0.932. The second-order valence-corrected chi connectivity index (χ2v) is 4.79. The van der Waals surface area contributed by atoms with Crippen molar-refractivity contribution in [2.45, 2.75) is 18.9 Å². The minimum Gasteiger partial charge on any atom is -0.493 e. The van der Waals surface area contributed by atoms with Crippen molar-refractivity contribution in [3.05, 3.63) is 53.2 Å². The maximum atomic E-state index is 10.7. The molecule has 3 rings (SSSR count). The van der Waals surface area contributed by atoms with Crippen LogP contribution in [-0.4, -0.2) is 23.8 Å². The van der Waals surface area contributed by atoms with Gasteiger partial charge >= 0.3 is 0 Å². The number of aliphatic hydroxyl groups is 1. The van der Waals surface area contributed by atoms with Crippen molar-refractivity contribution < 1.29 is 14.6 Å². The van der Waals surface area contributed by atoms with Crippen molar-refractivity contribution >= 4 is 0 Å². The molecule has 0 amide bonds. The van der Waals surface area contributed by atoms with Crippen molar-refractivity contribution in [2.75, 3.05) is 13.7 Å². The number of benzene rings is 1. The lowest BCUT2D eigenvalue weighted by molar-refractivity contribution is 0.201. The number of aliphatic hydroxyl groups excluding tert-OH is 1. The van der Waals surface area contributed by atoms with E-state index in [1.165, 1.54) is 0 Å². The zero-order valence-corrected chi connectivity index (χ0v) is 11.4. The third-order valence-corrected chi connectivity index (χ3v) is 3.55. The molecule has 1 aliphatic heterocycles. The molecule has 4 nitrogen and oxygen atoms in total. The number of pyridine rings is 1. The summed E-state index contributed by atoms with van der Waals surface area (Å²) in [4.78, 5) is 4.13. The molecule has 1 aromatic carbocycles. The van der Waals surface area contributed by atoms with E-state index in [-0.39, 0.29) is 0 Å². The Hall–Kier alpha value is -2.07. The minimum absolute atomic E-state index is 0.438. The first-order valence-electron chi connectivity index (χ1n) is 6.73. The van der Waals surface area contributed by atoms with Gasteiger partial charge in [0.1, 0.15) is 11.9 Å². The molecule has 4 heteroatoms. The lowest BCUT2D eigenvalue weighted by atomic mass is 9.96.